The minimum absolute atomic E-state index is 0.0445. The third kappa shape index (κ3) is 6.61. The first-order chi connectivity index (χ1) is 16.8. The SMILES string of the molecule is CCCCCC1(C(=O)N2CCC(CC(=O)O)CC2)CCCCC1NC(=O)c1ccc(C(=N)N)cc1. The molecule has 1 aliphatic heterocycles. The molecule has 0 radical (unpaired) electrons. The van der Waals surface area contributed by atoms with Crippen LogP contribution in [0.25, 0.3) is 0 Å². The summed E-state index contributed by atoms with van der Waals surface area (Å²) in [6.07, 6.45) is 8.85. The number of amides is 2. The number of likely N-dealkylation sites (tertiary alicyclic amines) is 1. The Morgan fingerprint density at radius 2 is 1.74 bits per heavy atom. The number of hydrogen-bond acceptors (Lipinski definition) is 4. The number of nitrogens with one attached hydrogen (secondary N) is 2. The Morgan fingerprint density at radius 3 is 2.34 bits per heavy atom. The molecule has 8 heteroatoms. The van der Waals surface area contributed by atoms with Crippen molar-refractivity contribution in [2.75, 3.05) is 13.1 Å². The number of carboxylic acid groups (broad SMARTS) is 1. The molecule has 0 aromatic heterocycles. The standard InChI is InChI=1S/C27H40N4O4/c1-2-3-5-14-27(26(35)31-16-12-19(13-17-31)18-23(32)33)15-6-4-7-22(27)30-25(34)21-10-8-20(9-11-21)24(28)29/h8-11,19,22H,2-7,12-18H2,1H3,(H3,28,29)(H,30,34)(H,32,33). The summed E-state index contributed by atoms with van der Waals surface area (Å²) in [5, 5.41) is 19.9. The third-order valence-corrected chi connectivity index (χ3v) is 7.81. The highest BCUT2D eigenvalue weighted by Gasteiger charge is 2.49. The van der Waals surface area contributed by atoms with Crippen molar-refractivity contribution in [3.63, 3.8) is 0 Å². The van der Waals surface area contributed by atoms with Gasteiger partial charge in [0.1, 0.15) is 5.84 Å². The number of nitrogen functional groups attached to an aromatic ring is 1. The van der Waals surface area contributed by atoms with Crippen molar-refractivity contribution in [1.29, 1.82) is 5.41 Å². The second-order valence-electron chi connectivity index (χ2n) is 10.2. The molecule has 1 aromatic rings. The summed E-state index contributed by atoms with van der Waals surface area (Å²) in [6, 6.07) is 6.43. The van der Waals surface area contributed by atoms with Gasteiger partial charge in [-0.25, -0.2) is 0 Å². The van der Waals surface area contributed by atoms with Gasteiger partial charge in [0.2, 0.25) is 5.91 Å². The van der Waals surface area contributed by atoms with E-state index in [2.05, 4.69) is 12.2 Å². The lowest BCUT2D eigenvalue weighted by molar-refractivity contribution is -0.148. The quantitative estimate of drug-likeness (QED) is 0.227. The minimum Gasteiger partial charge on any atom is -0.481 e. The smallest absolute Gasteiger partial charge is 0.303 e. The number of hydrogen-bond donors (Lipinski definition) is 4. The second-order valence-corrected chi connectivity index (χ2v) is 10.2. The van der Waals surface area contributed by atoms with Crippen molar-refractivity contribution in [2.24, 2.45) is 17.1 Å². The Kier molecular flexibility index (Phi) is 9.29. The number of rotatable bonds is 10. The molecule has 8 nitrogen and oxygen atoms in total. The van der Waals surface area contributed by atoms with Crippen molar-refractivity contribution in [3.05, 3.63) is 35.4 Å². The van der Waals surface area contributed by atoms with E-state index >= 15 is 0 Å². The Hall–Kier alpha value is -2.90. The van der Waals surface area contributed by atoms with Gasteiger partial charge in [0.15, 0.2) is 0 Å². The van der Waals surface area contributed by atoms with Gasteiger partial charge in [0, 0.05) is 36.7 Å². The molecular weight excluding hydrogens is 444 g/mol. The Morgan fingerprint density at radius 1 is 1.09 bits per heavy atom. The molecule has 2 unspecified atom stereocenters. The second kappa shape index (κ2) is 12.2. The molecule has 0 spiro atoms. The van der Waals surface area contributed by atoms with Crippen LogP contribution in [0, 0.1) is 16.7 Å². The first kappa shape index (κ1) is 26.7. The fourth-order valence-electron chi connectivity index (χ4n) is 5.75. The highest BCUT2D eigenvalue weighted by molar-refractivity contribution is 5.98. The lowest BCUT2D eigenvalue weighted by atomic mass is 9.66. The number of benzene rings is 1. The predicted octanol–water partition coefficient (Wildman–Crippen LogP) is 3.92. The van der Waals surface area contributed by atoms with E-state index in [1.165, 1.54) is 0 Å². The van der Waals surface area contributed by atoms with Gasteiger partial charge < -0.3 is 21.1 Å². The zero-order valence-electron chi connectivity index (χ0n) is 20.9. The Balaban J connectivity index is 1.78. The Bertz CT molecular complexity index is 908. The average molecular weight is 485 g/mol. The number of nitrogens with two attached hydrogens (primary N) is 1. The number of aliphatic carboxylic acids is 1. The minimum atomic E-state index is -0.780. The molecule has 1 aliphatic carbocycles. The van der Waals surface area contributed by atoms with Crippen molar-refractivity contribution in [3.8, 4) is 0 Å². The number of carboxylic acids is 1. The molecule has 1 saturated carbocycles. The molecule has 2 amide bonds. The zero-order chi connectivity index (χ0) is 25.4. The van der Waals surface area contributed by atoms with Gasteiger partial charge in [-0.3, -0.25) is 19.8 Å². The summed E-state index contributed by atoms with van der Waals surface area (Å²) < 4.78 is 0. The van der Waals surface area contributed by atoms with E-state index in [-0.39, 0.29) is 36.0 Å². The average Bonchev–Trinajstić information content (AvgIpc) is 2.85. The topological polar surface area (TPSA) is 137 Å². The van der Waals surface area contributed by atoms with Crippen LogP contribution in [0.3, 0.4) is 0 Å². The van der Waals surface area contributed by atoms with Crippen molar-refractivity contribution < 1.29 is 19.5 Å². The van der Waals surface area contributed by atoms with E-state index in [4.69, 9.17) is 16.2 Å². The van der Waals surface area contributed by atoms with Crippen LogP contribution >= 0.6 is 0 Å². The van der Waals surface area contributed by atoms with Gasteiger partial charge in [-0.2, -0.15) is 0 Å². The van der Waals surface area contributed by atoms with Crippen molar-refractivity contribution in [2.45, 2.75) is 83.6 Å². The number of piperidine rings is 1. The van der Waals surface area contributed by atoms with Gasteiger partial charge in [0.25, 0.3) is 5.91 Å². The van der Waals surface area contributed by atoms with Crippen LogP contribution in [0.4, 0.5) is 0 Å². The van der Waals surface area contributed by atoms with Crippen LogP contribution in [-0.4, -0.2) is 52.8 Å². The van der Waals surface area contributed by atoms with Crippen LogP contribution in [0.15, 0.2) is 24.3 Å². The Labute approximate surface area is 208 Å². The van der Waals surface area contributed by atoms with E-state index in [0.717, 1.165) is 51.4 Å². The summed E-state index contributed by atoms with van der Waals surface area (Å²) in [4.78, 5) is 40.3. The summed E-state index contributed by atoms with van der Waals surface area (Å²) in [5.41, 5.74) is 5.96. The van der Waals surface area contributed by atoms with Crippen molar-refractivity contribution in [1.82, 2.24) is 10.2 Å². The van der Waals surface area contributed by atoms with Crippen LogP contribution in [0.2, 0.25) is 0 Å². The van der Waals surface area contributed by atoms with Gasteiger partial charge in [0.05, 0.1) is 5.41 Å². The predicted molar refractivity (Wildman–Crippen MR) is 135 cm³/mol. The lowest BCUT2D eigenvalue weighted by Gasteiger charge is -2.47. The molecular formula is C27H40N4O4. The van der Waals surface area contributed by atoms with E-state index < -0.39 is 11.4 Å². The molecule has 1 heterocycles. The fourth-order valence-corrected chi connectivity index (χ4v) is 5.75. The normalized spacial score (nSPS) is 23.0. The van der Waals surface area contributed by atoms with E-state index in [9.17, 15) is 14.4 Å². The summed E-state index contributed by atoms with van der Waals surface area (Å²) >= 11 is 0. The molecule has 0 bridgehead atoms. The summed E-state index contributed by atoms with van der Waals surface area (Å²) in [7, 11) is 0. The van der Waals surface area contributed by atoms with Crippen LogP contribution in [-0.2, 0) is 9.59 Å². The molecule has 2 aliphatic rings. The zero-order valence-corrected chi connectivity index (χ0v) is 20.9. The van der Waals surface area contributed by atoms with E-state index in [0.29, 0.717) is 37.1 Å². The number of amidine groups is 1. The highest BCUT2D eigenvalue weighted by atomic mass is 16.4. The summed E-state index contributed by atoms with van der Waals surface area (Å²) in [6.45, 7) is 3.31. The first-order valence-corrected chi connectivity index (χ1v) is 13.0. The summed E-state index contributed by atoms with van der Waals surface area (Å²) in [5.74, 6) is -0.791. The molecule has 2 atom stereocenters. The van der Waals surface area contributed by atoms with E-state index in [1.54, 1.807) is 24.3 Å². The van der Waals surface area contributed by atoms with Gasteiger partial charge in [-0.05, 0) is 50.2 Å². The maximum absolute atomic E-state index is 14.1. The van der Waals surface area contributed by atoms with Crippen LogP contribution in [0.1, 0.15) is 93.5 Å². The van der Waals surface area contributed by atoms with Gasteiger partial charge >= 0.3 is 5.97 Å². The number of unbranched alkanes of at least 4 members (excludes halogenated alkanes) is 2. The molecule has 192 valence electrons. The molecule has 5 N–H and O–H groups in total. The van der Waals surface area contributed by atoms with Crippen LogP contribution < -0.4 is 11.1 Å². The maximum atomic E-state index is 14.1. The van der Waals surface area contributed by atoms with Crippen LogP contribution in [0.5, 0.6) is 0 Å². The molecule has 2 fully saturated rings. The number of carbonyl (C=O) groups is 3. The molecule has 1 aromatic carbocycles. The van der Waals surface area contributed by atoms with Gasteiger partial charge in [-0.1, -0.05) is 51.2 Å². The first-order valence-electron chi connectivity index (χ1n) is 13.0. The third-order valence-electron chi connectivity index (χ3n) is 7.81. The molecule has 35 heavy (non-hydrogen) atoms. The monoisotopic (exact) mass is 484 g/mol. The number of nitrogens with zero attached hydrogens (tertiary/aromatic N) is 1. The maximum Gasteiger partial charge on any atom is 0.303 e. The van der Waals surface area contributed by atoms with Gasteiger partial charge in [-0.15, -0.1) is 0 Å². The lowest BCUT2D eigenvalue weighted by Crippen LogP contribution is -2.58. The van der Waals surface area contributed by atoms with E-state index in [1.807, 2.05) is 4.90 Å². The number of carbonyl (C=O) groups excluding carboxylic acids is 2. The molecule has 3 rings (SSSR count). The largest absolute Gasteiger partial charge is 0.481 e. The fraction of sp³-hybridized carbons (Fsp3) is 0.630. The van der Waals surface area contributed by atoms with Crippen molar-refractivity contribution >= 4 is 23.6 Å². The molecule has 1 saturated heterocycles. The highest BCUT2D eigenvalue weighted by Crippen LogP contribution is 2.43.